The Hall–Kier alpha value is -1.17. The Morgan fingerprint density at radius 2 is 2.24 bits per heavy atom. The second-order valence-corrected chi connectivity index (χ2v) is 5.61. The molecule has 2 atom stereocenters. The number of rotatable bonds is 2. The number of ether oxygens (including phenoxy) is 1. The van der Waals surface area contributed by atoms with Gasteiger partial charge in [0, 0.05) is 23.6 Å². The highest BCUT2D eigenvalue weighted by molar-refractivity contribution is 8.00. The number of nitrogen functional groups attached to an aromatic ring is 1. The molecule has 1 saturated heterocycles. The highest BCUT2D eigenvalue weighted by atomic mass is 32.2. The van der Waals surface area contributed by atoms with E-state index in [-0.39, 0.29) is 0 Å². The van der Waals surface area contributed by atoms with Crippen LogP contribution in [0.1, 0.15) is 13.8 Å². The second-order valence-electron chi connectivity index (χ2n) is 4.13. The molecule has 0 amide bonds. The Kier molecular flexibility index (Phi) is 3.61. The molecule has 1 aromatic heterocycles. The van der Waals surface area contributed by atoms with E-state index in [2.05, 4.69) is 28.7 Å². The van der Waals surface area contributed by atoms with Crippen molar-refractivity contribution in [3.8, 4) is 5.75 Å². The van der Waals surface area contributed by atoms with Crippen LogP contribution in [0.25, 0.3) is 0 Å². The number of aromatic nitrogens is 2. The first-order valence-electron chi connectivity index (χ1n) is 5.68. The number of hydrogen-bond acceptors (Lipinski definition) is 6. The molecule has 1 aliphatic heterocycles. The zero-order valence-corrected chi connectivity index (χ0v) is 11.2. The Morgan fingerprint density at radius 3 is 2.94 bits per heavy atom. The van der Waals surface area contributed by atoms with Gasteiger partial charge in [0.25, 0.3) is 0 Å². The van der Waals surface area contributed by atoms with E-state index in [0.717, 1.165) is 18.1 Å². The van der Waals surface area contributed by atoms with E-state index in [1.165, 1.54) is 6.33 Å². The van der Waals surface area contributed by atoms with Crippen molar-refractivity contribution >= 4 is 23.4 Å². The molecule has 2 heterocycles. The fraction of sp³-hybridized carbons (Fsp3) is 0.636. The van der Waals surface area contributed by atoms with Crippen molar-refractivity contribution in [1.82, 2.24) is 9.97 Å². The molecule has 0 saturated carbocycles. The fourth-order valence-electron chi connectivity index (χ4n) is 2.01. The molecule has 1 fully saturated rings. The normalized spacial score (nSPS) is 24.8. The summed E-state index contributed by atoms with van der Waals surface area (Å²) in [5.41, 5.74) is 5.81. The van der Waals surface area contributed by atoms with E-state index in [9.17, 15) is 0 Å². The zero-order chi connectivity index (χ0) is 12.4. The molecule has 2 N–H and O–H groups in total. The highest BCUT2D eigenvalue weighted by Crippen LogP contribution is 2.35. The van der Waals surface area contributed by atoms with E-state index >= 15 is 0 Å². The third-order valence-electron chi connectivity index (χ3n) is 3.17. The van der Waals surface area contributed by atoms with Crippen LogP contribution in [0.3, 0.4) is 0 Å². The Balaban J connectivity index is 2.35. The monoisotopic (exact) mass is 254 g/mol. The fourth-order valence-corrected chi connectivity index (χ4v) is 3.11. The van der Waals surface area contributed by atoms with Gasteiger partial charge in [0.2, 0.25) is 5.75 Å². The molecule has 0 aromatic carbocycles. The van der Waals surface area contributed by atoms with Crippen LogP contribution in [0.5, 0.6) is 5.75 Å². The maximum atomic E-state index is 5.81. The van der Waals surface area contributed by atoms with Gasteiger partial charge in [-0.05, 0) is 6.92 Å². The lowest BCUT2D eigenvalue weighted by atomic mass is 10.2. The van der Waals surface area contributed by atoms with Crippen molar-refractivity contribution in [2.75, 3.05) is 30.0 Å². The topological polar surface area (TPSA) is 64.3 Å². The third kappa shape index (κ3) is 2.26. The summed E-state index contributed by atoms with van der Waals surface area (Å²) in [6.07, 6.45) is 1.49. The summed E-state index contributed by atoms with van der Waals surface area (Å²) in [5, 5.41) is 0.574. The van der Waals surface area contributed by atoms with E-state index in [1.54, 1.807) is 7.11 Å². The summed E-state index contributed by atoms with van der Waals surface area (Å²) in [7, 11) is 1.60. The maximum absolute atomic E-state index is 5.81. The van der Waals surface area contributed by atoms with Gasteiger partial charge < -0.3 is 15.4 Å². The van der Waals surface area contributed by atoms with Crippen LogP contribution < -0.4 is 15.4 Å². The average molecular weight is 254 g/mol. The summed E-state index contributed by atoms with van der Waals surface area (Å²) < 4.78 is 5.31. The molecule has 2 unspecified atom stereocenters. The van der Waals surface area contributed by atoms with Crippen molar-refractivity contribution in [3.63, 3.8) is 0 Å². The average Bonchev–Trinajstić information content (AvgIpc) is 2.32. The van der Waals surface area contributed by atoms with Crippen molar-refractivity contribution in [1.29, 1.82) is 0 Å². The molecule has 2 rings (SSSR count). The number of thioether (sulfide) groups is 1. The molecule has 17 heavy (non-hydrogen) atoms. The number of methoxy groups -OCH3 is 1. The quantitative estimate of drug-likeness (QED) is 0.860. The third-order valence-corrected chi connectivity index (χ3v) is 4.51. The summed E-state index contributed by atoms with van der Waals surface area (Å²) in [5.74, 6) is 2.88. The van der Waals surface area contributed by atoms with Gasteiger partial charge in [-0.15, -0.1) is 0 Å². The van der Waals surface area contributed by atoms with Gasteiger partial charge in [-0.2, -0.15) is 11.8 Å². The summed E-state index contributed by atoms with van der Waals surface area (Å²) in [6.45, 7) is 5.40. The summed E-state index contributed by atoms with van der Waals surface area (Å²) in [4.78, 5) is 10.5. The Morgan fingerprint density at radius 1 is 1.47 bits per heavy atom. The van der Waals surface area contributed by atoms with Crippen molar-refractivity contribution < 1.29 is 4.74 Å². The Bertz CT molecular complexity index is 401. The molecule has 94 valence electrons. The van der Waals surface area contributed by atoms with Gasteiger partial charge >= 0.3 is 0 Å². The van der Waals surface area contributed by atoms with E-state index < -0.39 is 0 Å². The first kappa shape index (κ1) is 12.3. The lowest BCUT2D eigenvalue weighted by Crippen LogP contribution is -2.45. The van der Waals surface area contributed by atoms with Gasteiger partial charge in [0.15, 0.2) is 11.6 Å². The van der Waals surface area contributed by atoms with Gasteiger partial charge in [-0.1, -0.05) is 6.92 Å². The predicted molar refractivity (Wildman–Crippen MR) is 71.7 cm³/mol. The SMILES string of the molecule is COc1c(N)ncnc1N1CCSC(C)C1C. The van der Waals surface area contributed by atoms with Crippen molar-refractivity contribution in [2.45, 2.75) is 25.1 Å². The zero-order valence-electron chi connectivity index (χ0n) is 10.4. The smallest absolute Gasteiger partial charge is 0.204 e. The molecule has 5 nitrogen and oxygen atoms in total. The minimum Gasteiger partial charge on any atom is -0.490 e. The second kappa shape index (κ2) is 5.00. The van der Waals surface area contributed by atoms with E-state index in [4.69, 9.17) is 10.5 Å². The molecule has 6 heteroatoms. The lowest BCUT2D eigenvalue weighted by molar-refractivity contribution is 0.411. The van der Waals surface area contributed by atoms with Crippen LogP contribution in [-0.4, -0.2) is 40.7 Å². The molecule has 0 aliphatic carbocycles. The molecule has 0 bridgehead atoms. The lowest BCUT2D eigenvalue weighted by Gasteiger charge is -2.38. The highest BCUT2D eigenvalue weighted by Gasteiger charge is 2.28. The van der Waals surface area contributed by atoms with Crippen LogP contribution in [0.2, 0.25) is 0 Å². The maximum Gasteiger partial charge on any atom is 0.204 e. The van der Waals surface area contributed by atoms with Crippen molar-refractivity contribution in [3.05, 3.63) is 6.33 Å². The largest absolute Gasteiger partial charge is 0.490 e. The summed E-state index contributed by atoms with van der Waals surface area (Å²) >= 11 is 1.99. The molecule has 1 aromatic rings. The standard InChI is InChI=1S/C11H18N4OS/c1-7-8(2)17-5-4-15(7)11-9(16-3)10(12)13-6-14-11/h6-8H,4-5H2,1-3H3,(H2,12,13,14). The summed E-state index contributed by atoms with van der Waals surface area (Å²) in [6, 6.07) is 0.414. The number of hydrogen-bond donors (Lipinski definition) is 1. The van der Waals surface area contributed by atoms with E-state index in [1.807, 2.05) is 11.8 Å². The molecule has 0 radical (unpaired) electrons. The predicted octanol–water partition coefficient (Wildman–Crippen LogP) is 1.40. The first-order valence-corrected chi connectivity index (χ1v) is 6.72. The molecular formula is C11H18N4OS. The van der Waals surface area contributed by atoms with Crippen LogP contribution in [-0.2, 0) is 0 Å². The Labute approximate surface area is 106 Å². The number of anilines is 2. The van der Waals surface area contributed by atoms with Crippen LogP contribution in [0.4, 0.5) is 11.6 Å². The van der Waals surface area contributed by atoms with Gasteiger partial charge in [-0.25, -0.2) is 9.97 Å². The van der Waals surface area contributed by atoms with E-state index in [0.29, 0.717) is 22.9 Å². The van der Waals surface area contributed by atoms with Crippen LogP contribution >= 0.6 is 11.8 Å². The number of nitrogens with two attached hydrogens (primary N) is 1. The molecular weight excluding hydrogens is 236 g/mol. The minimum atomic E-state index is 0.399. The van der Waals surface area contributed by atoms with Gasteiger partial charge in [-0.3, -0.25) is 0 Å². The minimum absolute atomic E-state index is 0.399. The van der Waals surface area contributed by atoms with Gasteiger partial charge in [0.1, 0.15) is 6.33 Å². The first-order chi connectivity index (χ1) is 8.15. The molecule has 0 spiro atoms. The van der Waals surface area contributed by atoms with Crippen LogP contribution in [0, 0.1) is 0 Å². The van der Waals surface area contributed by atoms with Crippen LogP contribution in [0.15, 0.2) is 6.33 Å². The van der Waals surface area contributed by atoms with Gasteiger partial charge in [0.05, 0.1) is 7.11 Å². The van der Waals surface area contributed by atoms with Crippen molar-refractivity contribution in [2.24, 2.45) is 0 Å². The number of nitrogens with zero attached hydrogens (tertiary/aromatic N) is 3. The molecule has 1 aliphatic rings.